The Morgan fingerprint density at radius 3 is 2.50 bits per heavy atom. The molecule has 0 radical (unpaired) electrons. The number of nitrogens with zero attached hydrogens (tertiary/aromatic N) is 3. The summed E-state index contributed by atoms with van der Waals surface area (Å²) < 4.78 is 11.2. The van der Waals surface area contributed by atoms with E-state index in [9.17, 15) is 0 Å². The average molecular weight is 415 g/mol. The normalized spacial score (nSPS) is 10.6. The SMILES string of the molecule is COc1cc(CNc2nn[nH]n2)c(Cl)cc1OCc1c(Cl)cccc1Cl. The van der Waals surface area contributed by atoms with Crippen molar-refractivity contribution in [3.8, 4) is 11.5 Å². The monoisotopic (exact) mass is 413 g/mol. The van der Waals surface area contributed by atoms with Crippen LogP contribution in [0.3, 0.4) is 0 Å². The Morgan fingerprint density at radius 1 is 1.08 bits per heavy atom. The summed E-state index contributed by atoms with van der Waals surface area (Å²) in [5, 5.41) is 18.0. The Balaban J connectivity index is 1.76. The van der Waals surface area contributed by atoms with Gasteiger partial charge in [-0.3, -0.25) is 0 Å². The van der Waals surface area contributed by atoms with Crippen LogP contribution in [0.1, 0.15) is 11.1 Å². The van der Waals surface area contributed by atoms with Gasteiger partial charge in [0.05, 0.1) is 7.11 Å². The molecule has 2 N–H and O–H groups in total. The van der Waals surface area contributed by atoms with Crippen molar-refractivity contribution in [2.24, 2.45) is 0 Å². The van der Waals surface area contributed by atoms with Gasteiger partial charge in [-0.2, -0.15) is 5.21 Å². The fourth-order valence-electron chi connectivity index (χ4n) is 2.22. The lowest BCUT2D eigenvalue weighted by Gasteiger charge is -2.15. The van der Waals surface area contributed by atoms with E-state index >= 15 is 0 Å². The largest absolute Gasteiger partial charge is 0.493 e. The molecule has 0 bridgehead atoms. The van der Waals surface area contributed by atoms with Crippen LogP contribution >= 0.6 is 34.8 Å². The molecule has 0 saturated carbocycles. The Bertz CT molecular complexity index is 870. The van der Waals surface area contributed by atoms with Crippen molar-refractivity contribution in [1.82, 2.24) is 20.6 Å². The summed E-state index contributed by atoms with van der Waals surface area (Å²) in [7, 11) is 1.55. The van der Waals surface area contributed by atoms with E-state index in [-0.39, 0.29) is 6.61 Å². The first-order chi connectivity index (χ1) is 12.6. The molecule has 7 nitrogen and oxygen atoms in total. The minimum absolute atomic E-state index is 0.186. The van der Waals surface area contributed by atoms with Crippen LogP contribution in [0.25, 0.3) is 0 Å². The molecule has 0 saturated heterocycles. The molecule has 0 amide bonds. The van der Waals surface area contributed by atoms with Crippen LogP contribution in [-0.2, 0) is 13.2 Å². The van der Waals surface area contributed by atoms with E-state index in [0.29, 0.717) is 44.6 Å². The molecule has 3 aromatic rings. The predicted octanol–water partition coefficient (Wildman–Crippen LogP) is 4.36. The highest BCUT2D eigenvalue weighted by Gasteiger charge is 2.13. The van der Waals surface area contributed by atoms with E-state index in [0.717, 1.165) is 5.56 Å². The molecule has 26 heavy (non-hydrogen) atoms. The number of benzene rings is 2. The highest BCUT2D eigenvalue weighted by Crippen LogP contribution is 2.35. The molecular formula is C16H14Cl3N5O2. The third-order valence-electron chi connectivity index (χ3n) is 3.55. The molecule has 0 atom stereocenters. The first-order valence-corrected chi connectivity index (χ1v) is 8.61. The van der Waals surface area contributed by atoms with E-state index in [2.05, 4.69) is 25.9 Å². The molecule has 0 spiro atoms. The number of anilines is 1. The van der Waals surface area contributed by atoms with Gasteiger partial charge in [0.1, 0.15) is 6.61 Å². The Kier molecular flexibility index (Phi) is 6.03. The van der Waals surface area contributed by atoms with Gasteiger partial charge in [0.25, 0.3) is 5.95 Å². The molecule has 0 aliphatic rings. The number of ether oxygens (including phenoxy) is 2. The van der Waals surface area contributed by atoms with Crippen LogP contribution in [-0.4, -0.2) is 27.7 Å². The van der Waals surface area contributed by atoms with Gasteiger partial charge in [0.15, 0.2) is 11.5 Å². The highest BCUT2D eigenvalue weighted by molar-refractivity contribution is 6.36. The van der Waals surface area contributed by atoms with E-state index in [1.54, 1.807) is 37.4 Å². The van der Waals surface area contributed by atoms with Gasteiger partial charge >= 0.3 is 0 Å². The van der Waals surface area contributed by atoms with E-state index in [1.165, 1.54) is 0 Å². The van der Waals surface area contributed by atoms with Gasteiger partial charge in [0, 0.05) is 33.2 Å². The minimum Gasteiger partial charge on any atom is -0.493 e. The van der Waals surface area contributed by atoms with Crippen molar-refractivity contribution in [2.75, 3.05) is 12.4 Å². The minimum atomic E-state index is 0.186. The number of aromatic nitrogens is 4. The van der Waals surface area contributed by atoms with Gasteiger partial charge in [0.2, 0.25) is 0 Å². The average Bonchev–Trinajstić information content (AvgIpc) is 3.14. The van der Waals surface area contributed by atoms with Gasteiger partial charge in [-0.15, -0.1) is 5.10 Å². The molecule has 10 heteroatoms. The molecule has 0 fully saturated rings. The van der Waals surface area contributed by atoms with Crippen molar-refractivity contribution in [3.63, 3.8) is 0 Å². The molecule has 1 heterocycles. The number of tetrazole rings is 1. The Hall–Kier alpha value is -2.22. The number of methoxy groups -OCH3 is 1. The highest BCUT2D eigenvalue weighted by atomic mass is 35.5. The smallest absolute Gasteiger partial charge is 0.263 e. The topological polar surface area (TPSA) is 85.0 Å². The molecular weight excluding hydrogens is 401 g/mol. The van der Waals surface area contributed by atoms with Crippen molar-refractivity contribution in [3.05, 3.63) is 56.5 Å². The number of halogens is 3. The van der Waals surface area contributed by atoms with E-state index in [4.69, 9.17) is 44.3 Å². The lowest BCUT2D eigenvalue weighted by Crippen LogP contribution is -2.04. The first-order valence-electron chi connectivity index (χ1n) is 7.48. The summed E-state index contributed by atoms with van der Waals surface area (Å²) >= 11 is 18.7. The molecule has 1 aromatic heterocycles. The standard InChI is InChI=1S/C16H14Cl3N5O2/c1-25-14-5-9(7-20-16-21-23-24-22-16)13(19)6-15(14)26-8-10-11(17)3-2-4-12(10)18/h2-6H,7-8H2,1H3,(H2,20,21,22,23,24). The molecule has 0 unspecified atom stereocenters. The maximum atomic E-state index is 6.35. The van der Waals surface area contributed by atoms with Crippen molar-refractivity contribution < 1.29 is 9.47 Å². The summed E-state index contributed by atoms with van der Waals surface area (Å²) in [5.74, 6) is 1.38. The van der Waals surface area contributed by atoms with Crippen molar-refractivity contribution in [2.45, 2.75) is 13.2 Å². The van der Waals surface area contributed by atoms with E-state index < -0.39 is 0 Å². The number of nitrogens with one attached hydrogen (secondary N) is 2. The number of hydrogen-bond donors (Lipinski definition) is 2. The zero-order valence-corrected chi connectivity index (χ0v) is 15.9. The lowest BCUT2D eigenvalue weighted by atomic mass is 10.2. The Labute approximate surface area is 164 Å². The van der Waals surface area contributed by atoms with Crippen LogP contribution in [0.5, 0.6) is 11.5 Å². The van der Waals surface area contributed by atoms with Crippen LogP contribution in [0, 0.1) is 0 Å². The molecule has 0 aliphatic heterocycles. The molecule has 136 valence electrons. The van der Waals surface area contributed by atoms with Gasteiger partial charge in [-0.25, -0.2) is 0 Å². The third kappa shape index (κ3) is 4.30. The Morgan fingerprint density at radius 2 is 1.85 bits per heavy atom. The zero-order valence-electron chi connectivity index (χ0n) is 13.6. The maximum absolute atomic E-state index is 6.35. The quantitative estimate of drug-likeness (QED) is 0.597. The lowest BCUT2D eigenvalue weighted by molar-refractivity contribution is 0.284. The summed E-state index contributed by atoms with van der Waals surface area (Å²) in [6.07, 6.45) is 0. The summed E-state index contributed by atoms with van der Waals surface area (Å²) in [6, 6.07) is 8.74. The fraction of sp³-hybridized carbons (Fsp3) is 0.188. The summed E-state index contributed by atoms with van der Waals surface area (Å²) in [5.41, 5.74) is 1.48. The third-order valence-corrected chi connectivity index (χ3v) is 4.61. The maximum Gasteiger partial charge on any atom is 0.263 e. The summed E-state index contributed by atoms with van der Waals surface area (Å²) in [4.78, 5) is 0. The zero-order chi connectivity index (χ0) is 18.5. The molecule has 3 rings (SSSR count). The number of H-pyrrole nitrogens is 1. The van der Waals surface area contributed by atoms with Crippen LogP contribution < -0.4 is 14.8 Å². The number of hydrogen-bond acceptors (Lipinski definition) is 6. The van der Waals surface area contributed by atoms with Crippen molar-refractivity contribution in [1.29, 1.82) is 0 Å². The van der Waals surface area contributed by atoms with Crippen LogP contribution in [0.4, 0.5) is 5.95 Å². The van der Waals surface area contributed by atoms with Crippen LogP contribution in [0.15, 0.2) is 30.3 Å². The second kappa shape index (κ2) is 8.44. The fourth-order valence-corrected chi connectivity index (χ4v) is 2.94. The van der Waals surface area contributed by atoms with E-state index in [1.807, 2.05) is 0 Å². The second-order valence-electron chi connectivity index (χ2n) is 5.17. The van der Waals surface area contributed by atoms with Gasteiger partial charge in [-0.05, 0) is 29.0 Å². The predicted molar refractivity (Wildman–Crippen MR) is 100 cm³/mol. The van der Waals surface area contributed by atoms with Gasteiger partial charge in [-0.1, -0.05) is 46.0 Å². The van der Waals surface area contributed by atoms with Crippen molar-refractivity contribution >= 4 is 40.8 Å². The molecule has 2 aromatic carbocycles. The summed E-state index contributed by atoms with van der Waals surface area (Å²) in [6.45, 7) is 0.580. The first kappa shape index (κ1) is 18.6. The number of rotatable bonds is 7. The number of aromatic amines is 1. The van der Waals surface area contributed by atoms with Gasteiger partial charge < -0.3 is 14.8 Å². The second-order valence-corrected chi connectivity index (χ2v) is 6.39. The van der Waals surface area contributed by atoms with Crippen LogP contribution in [0.2, 0.25) is 15.1 Å². The molecule has 0 aliphatic carbocycles.